The van der Waals surface area contributed by atoms with Gasteiger partial charge in [-0.15, -0.1) is 0 Å². The van der Waals surface area contributed by atoms with Gasteiger partial charge in [-0.2, -0.15) is 0 Å². The monoisotopic (exact) mass is 296 g/mol. The minimum absolute atomic E-state index is 0. The number of carboxylic acid groups (broad SMARTS) is 2. The predicted octanol–water partition coefficient (Wildman–Crippen LogP) is -0.659. The molecule has 0 spiro atoms. The second-order valence-corrected chi connectivity index (χ2v) is 2.88. The first-order valence-electron chi connectivity index (χ1n) is 5.36. The van der Waals surface area contributed by atoms with Gasteiger partial charge < -0.3 is 29.6 Å². The van der Waals surface area contributed by atoms with Crippen LogP contribution in [0.1, 0.15) is 27.7 Å². The fourth-order valence-corrected chi connectivity index (χ4v) is 0.964. The molecule has 17 heavy (non-hydrogen) atoms. The molecule has 0 rings (SSSR count). The van der Waals surface area contributed by atoms with Crippen LogP contribution in [0.2, 0.25) is 0 Å². The molecule has 96 valence electrons. The van der Waals surface area contributed by atoms with Crippen molar-refractivity contribution in [3.05, 3.63) is 0 Å². The third-order valence-electron chi connectivity index (χ3n) is 2.04. The van der Waals surface area contributed by atoms with E-state index in [9.17, 15) is 19.8 Å². The third-order valence-corrected chi connectivity index (χ3v) is 2.04. The van der Waals surface area contributed by atoms with Crippen molar-refractivity contribution in [1.29, 1.82) is 0 Å². The van der Waals surface area contributed by atoms with E-state index in [4.69, 9.17) is 0 Å². The molecule has 0 saturated heterocycles. The van der Waals surface area contributed by atoms with Crippen molar-refractivity contribution in [1.82, 2.24) is 9.80 Å². The van der Waals surface area contributed by atoms with Gasteiger partial charge in [0.1, 0.15) is 12.2 Å². The van der Waals surface area contributed by atoms with Crippen LogP contribution in [0.3, 0.4) is 0 Å². The molecular formula is C10H20N2O4Zn. The average Bonchev–Trinajstić information content (AvgIpc) is 2.21. The van der Waals surface area contributed by atoms with Crippen molar-refractivity contribution >= 4 is 12.2 Å². The minimum atomic E-state index is -1.09. The van der Waals surface area contributed by atoms with Gasteiger partial charge in [-0.25, -0.2) is 0 Å². The van der Waals surface area contributed by atoms with E-state index >= 15 is 0 Å². The van der Waals surface area contributed by atoms with Crippen molar-refractivity contribution in [3.8, 4) is 0 Å². The molecule has 0 heterocycles. The molecule has 2 amide bonds. The Balaban J connectivity index is -0.000000218. The Hall–Kier alpha value is -0.837. The summed E-state index contributed by atoms with van der Waals surface area (Å²) in [7, 11) is 0. The predicted molar refractivity (Wildman–Crippen MR) is 56.6 cm³/mol. The molecule has 7 heteroatoms. The van der Waals surface area contributed by atoms with Gasteiger partial charge in [0, 0.05) is 26.2 Å². The van der Waals surface area contributed by atoms with Crippen LogP contribution < -0.4 is 10.2 Å². The molecule has 0 aliphatic carbocycles. The van der Waals surface area contributed by atoms with E-state index in [1.807, 2.05) is 0 Å². The molecule has 0 aliphatic heterocycles. The maximum atomic E-state index is 9.98. The summed E-state index contributed by atoms with van der Waals surface area (Å²) in [5, 5.41) is 20.0. The second-order valence-electron chi connectivity index (χ2n) is 2.88. The first kappa shape index (κ1) is 21.4. The summed E-state index contributed by atoms with van der Waals surface area (Å²) in [6.45, 7) is 9.16. The summed E-state index contributed by atoms with van der Waals surface area (Å²) in [6.07, 6.45) is -2.18. The molecule has 0 aliphatic rings. The van der Waals surface area contributed by atoms with Gasteiger partial charge in [0.05, 0.1) is 0 Å². The average molecular weight is 298 g/mol. The van der Waals surface area contributed by atoms with Crippen LogP contribution in [0.5, 0.6) is 0 Å². The van der Waals surface area contributed by atoms with E-state index in [0.717, 1.165) is 0 Å². The zero-order chi connectivity index (χ0) is 13.1. The number of hydrogen-bond donors (Lipinski definition) is 0. The number of carbonyl (C=O) groups excluding carboxylic acids is 2. The molecule has 0 atom stereocenters. The Labute approximate surface area is 115 Å². The number of hydrogen-bond acceptors (Lipinski definition) is 4. The first-order valence-corrected chi connectivity index (χ1v) is 5.36. The fraction of sp³-hybridized carbons (Fsp3) is 0.800. The Morgan fingerprint density at radius 3 is 0.941 bits per heavy atom. The molecule has 0 aromatic heterocycles. The maximum absolute atomic E-state index is 9.98. The molecule has 0 aromatic carbocycles. The molecule has 0 bridgehead atoms. The molecule has 0 aromatic rings. The van der Waals surface area contributed by atoms with E-state index in [1.165, 1.54) is 9.80 Å². The second kappa shape index (κ2) is 13.2. The van der Waals surface area contributed by atoms with E-state index < -0.39 is 12.2 Å². The summed E-state index contributed by atoms with van der Waals surface area (Å²) >= 11 is 0. The standard InChI is InChI=1S/2C5H11NO2.Zn/c2*1-3-6(4-2)5(7)8;/h2*3-4H2,1-2H3,(H,7,8);/q;;+2/p-2. The quantitative estimate of drug-likeness (QED) is 0.645. The van der Waals surface area contributed by atoms with Gasteiger partial charge in [0.25, 0.3) is 0 Å². The Kier molecular flexibility index (Phi) is 16.7. The van der Waals surface area contributed by atoms with Crippen molar-refractivity contribution in [2.75, 3.05) is 26.2 Å². The number of rotatable bonds is 4. The summed E-state index contributed by atoms with van der Waals surface area (Å²) in [5.74, 6) is 0. The topological polar surface area (TPSA) is 86.7 Å². The molecule has 6 nitrogen and oxygen atoms in total. The smallest absolute Gasteiger partial charge is 0.530 e. The number of nitrogens with zero attached hydrogens (tertiary/aromatic N) is 2. The summed E-state index contributed by atoms with van der Waals surface area (Å²) in [5.41, 5.74) is 0. The molecule has 0 saturated carbocycles. The maximum Gasteiger partial charge on any atom is 2.00 e. The fourth-order valence-electron chi connectivity index (χ4n) is 0.964. The van der Waals surface area contributed by atoms with E-state index in [-0.39, 0.29) is 19.5 Å². The summed E-state index contributed by atoms with van der Waals surface area (Å²) < 4.78 is 0. The summed E-state index contributed by atoms with van der Waals surface area (Å²) in [4.78, 5) is 22.4. The number of amides is 2. The van der Waals surface area contributed by atoms with Crippen LogP contribution in [0, 0.1) is 0 Å². The van der Waals surface area contributed by atoms with Crippen LogP contribution in [0.15, 0.2) is 0 Å². The number of carbonyl (C=O) groups is 2. The zero-order valence-corrected chi connectivity index (χ0v) is 14.0. The van der Waals surface area contributed by atoms with E-state index in [1.54, 1.807) is 27.7 Å². The zero-order valence-electron chi connectivity index (χ0n) is 11.1. The first-order chi connectivity index (χ1) is 7.44. The van der Waals surface area contributed by atoms with Crippen LogP contribution in [0.25, 0.3) is 0 Å². The van der Waals surface area contributed by atoms with Gasteiger partial charge in [-0.3, -0.25) is 0 Å². The molecule has 0 radical (unpaired) electrons. The van der Waals surface area contributed by atoms with E-state index in [2.05, 4.69) is 0 Å². The van der Waals surface area contributed by atoms with Gasteiger partial charge in [-0.1, -0.05) is 0 Å². The Bertz CT molecular complexity index is 184. The SMILES string of the molecule is CCN(CC)C(=O)[O-].CCN(CC)C(=O)[O-].[Zn+2]. The van der Waals surface area contributed by atoms with Crippen LogP contribution >= 0.6 is 0 Å². The van der Waals surface area contributed by atoms with E-state index in [0.29, 0.717) is 26.2 Å². The normalized spacial score (nSPS) is 8.24. The van der Waals surface area contributed by atoms with Crippen molar-refractivity contribution in [2.45, 2.75) is 27.7 Å². The van der Waals surface area contributed by atoms with Gasteiger partial charge in [-0.05, 0) is 27.7 Å². The van der Waals surface area contributed by atoms with Crippen molar-refractivity contribution in [2.24, 2.45) is 0 Å². The van der Waals surface area contributed by atoms with Gasteiger partial charge in [0.2, 0.25) is 0 Å². The summed E-state index contributed by atoms with van der Waals surface area (Å²) in [6, 6.07) is 0. The Morgan fingerprint density at radius 1 is 0.765 bits per heavy atom. The molecule has 0 fully saturated rings. The largest absolute Gasteiger partial charge is 2.00 e. The molecule has 0 unspecified atom stereocenters. The van der Waals surface area contributed by atoms with Crippen LogP contribution in [-0.4, -0.2) is 48.2 Å². The third kappa shape index (κ3) is 11.4. The van der Waals surface area contributed by atoms with Crippen molar-refractivity contribution < 1.29 is 39.3 Å². The molecular weight excluding hydrogens is 278 g/mol. The minimum Gasteiger partial charge on any atom is -0.530 e. The Morgan fingerprint density at radius 2 is 0.941 bits per heavy atom. The molecule has 0 N–H and O–H groups in total. The van der Waals surface area contributed by atoms with Crippen molar-refractivity contribution in [3.63, 3.8) is 0 Å². The van der Waals surface area contributed by atoms with Crippen LogP contribution in [0.4, 0.5) is 9.59 Å². The van der Waals surface area contributed by atoms with Gasteiger partial charge in [0.15, 0.2) is 0 Å². The van der Waals surface area contributed by atoms with Crippen LogP contribution in [-0.2, 0) is 19.5 Å². The van der Waals surface area contributed by atoms with Gasteiger partial charge >= 0.3 is 19.5 Å².